The molecule has 2 aromatic carbocycles. The van der Waals surface area contributed by atoms with Crippen LogP contribution in [0.5, 0.6) is 0 Å². The second kappa shape index (κ2) is 6.07. The minimum Gasteiger partial charge on any atom is -0.364 e. The molecule has 0 amide bonds. The molecular formula is C24H23N. The van der Waals surface area contributed by atoms with E-state index < -0.39 is 0 Å². The van der Waals surface area contributed by atoms with Crippen molar-refractivity contribution in [1.82, 2.24) is 5.32 Å². The minimum atomic E-state index is 0.499. The summed E-state index contributed by atoms with van der Waals surface area (Å²) in [6.07, 6.45) is 16.7. The average molecular weight is 325 g/mol. The quantitative estimate of drug-likeness (QED) is 0.737. The van der Waals surface area contributed by atoms with Gasteiger partial charge in [0.15, 0.2) is 0 Å². The molecule has 1 nitrogen and oxygen atoms in total. The predicted octanol–water partition coefficient (Wildman–Crippen LogP) is 5.43. The predicted molar refractivity (Wildman–Crippen MR) is 104 cm³/mol. The highest BCUT2D eigenvalue weighted by Gasteiger charge is 2.28. The maximum atomic E-state index is 3.51. The summed E-state index contributed by atoms with van der Waals surface area (Å²) >= 11 is 0. The molecule has 25 heavy (non-hydrogen) atoms. The van der Waals surface area contributed by atoms with Crippen LogP contribution in [0.4, 0.5) is 0 Å². The molecule has 0 saturated carbocycles. The minimum absolute atomic E-state index is 0.499. The molecule has 124 valence electrons. The number of fused-ring (bicyclic) bond motifs is 5. The fourth-order valence-electron chi connectivity index (χ4n) is 4.78. The van der Waals surface area contributed by atoms with E-state index >= 15 is 0 Å². The van der Waals surface area contributed by atoms with Crippen molar-refractivity contribution in [3.8, 4) is 11.1 Å². The van der Waals surface area contributed by atoms with E-state index in [0.29, 0.717) is 5.92 Å². The van der Waals surface area contributed by atoms with E-state index in [9.17, 15) is 0 Å². The van der Waals surface area contributed by atoms with Gasteiger partial charge in [-0.25, -0.2) is 0 Å². The van der Waals surface area contributed by atoms with Crippen LogP contribution in [0.1, 0.15) is 41.0 Å². The summed E-state index contributed by atoms with van der Waals surface area (Å²) in [5.41, 5.74) is 10.6. The normalized spacial score (nSPS) is 20.6. The molecule has 0 fully saturated rings. The number of allylic oxidation sites excluding steroid dienone is 5. The van der Waals surface area contributed by atoms with Crippen LogP contribution in [0.25, 0.3) is 11.1 Å². The van der Waals surface area contributed by atoms with Gasteiger partial charge in [0.1, 0.15) is 0 Å². The molecule has 1 heterocycles. The zero-order valence-corrected chi connectivity index (χ0v) is 14.5. The summed E-state index contributed by atoms with van der Waals surface area (Å²) in [6.45, 7) is 0. The molecule has 0 bridgehead atoms. The van der Waals surface area contributed by atoms with E-state index in [1.807, 2.05) is 0 Å². The molecule has 0 saturated heterocycles. The van der Waals surface area contributed by atoms with Gasteiger partial charge in [-0.3, -0.25) is 0 Å². The molecule has 0 radical (unpaired) electrons. The van der Waals surface area contributed by atoms with Crippen LogP contribution >= 0.6 is 0 Å². The van der Waals surface area contributed by atoms with Gasteiger partial charge >= 0.3 is 0 Å². The molecule has 0 spiro atoms. The van der Waals surface area contributed by atoms with Gasteiger partial charge < -0.3 is 5.32 Å². The molecule has 1 aliphatic heterocycles. The van der Waals surface area contributed by atoms with Crippen LogP contribution in [0.2, 0.25) is 0 Å². The molecule has 2 aliphatic carbocycles. The zero-order valence-electron chi connectivity index (χ0n) is 14.5. The highest BCUT2D eigenvalue weighted by atomic mass is 14.9. The Morgan fingerprint density at radius 1 is 0.800 bits per heavy atom. The zero-order chi connectivity index (χ0) is 16.6. The van der Waals surface area contributed by atoms with Crippen molar-refractivity contribution < 1.29 is 0 Å². The Labute approximate surface area is 149 Å². The van der Waals surface area contributed by atoms with Crippen molar-refractivity contribution in [2.24, 2.45) is 0 Å². The summed E-state index contributed by atoms with van der Waals surface area (Å²) in [6, 6.07) is 13.7. The van der Waals surface area contributed by atoms with E-state index in [-0.39, 0.29) is 0 Å². The maximum absolute atomic E-state index is 3.51. The first-order valence-corrected chi connectivity index (χ1v) is 9.44. The number of hydrogen-bond donors (Lipinski definition) is 1. The molecule has 1 unspecified atom stereocenters. The Kier molecular flexibility index (Phi) is 3.59. The first kappa shape index (κ1) is 14.8. The van der Waals surface area contributed by atoms with Crippen molar-refractivity contribution in [3.05, 3.63) is 94.9 Å². The number of hydrogen-bond acceptors (Lipinski definition) is 1. The Morgan fingerprint density at radius 3 is 2.76 bits per heavy atom. The van der Waals surface area contributed by atoms with Crippen LogP contribution in [0.3, 0.4) is 0 Å². The van der Waals surface area contributed by atoms with E-state index in [4.69, 9.17) is 0 Å². The van der Waals surface area contributed by atoms with Crippen molar-refractivity contribution >= 4 is 0 Å². The number of rotatable bonds is 1. The summed E-state index contributed by atoms with van der Waals surface area (Å²) in [7, 11) is 0. The van der Waals surface area contributed by atoms with E-state index in [2.05, 4.69) is 72.2 Å². The molecule has 1 heteroatoms. The van der Waals surface area contributed by atoms with Crippen molar-refractivity contribution in [1.29, 1.82) is 0 Å². The topological polar surface area (TPSA) is 12.0 Å². The number of aryl methyl sites for hydroxylation is 1. The van der Waals surface area contributed by atoms with Gasteiger partial charge in [-0.2, -0.15) is 0 Å². The fourth-order valence-corrected chi connectivity index (χ4v) is 4.78. The molecule has 3 aliphatic rings. The lowest BCUT2D eigenvalue weighted by atomic mass is 9.74. The third-order valence-electron chi connectivity index (χ3n) is 5.93. The van der Waals surface area contributed by atoms with Crippen LogP contribution in [-0.2, 0) is 19.3 Å². The van der Waals surface area contributed by atoms with Gasteiger partial charge in [0.05, 0.1) is 0 Å². The summed E-state index contributed by atoms with van der Waals surface area (Å²) < 4.78 is 0. The van der Waals surface area contributed by atoms with E-state index in [1.165, 1.54) is 54.5 Å². The van der Waals surface area contributed by atoms with E-state index in [0.717, 1.165) is 0 Å². The smallest absolute Gasteiger partial charge is 0.0243 e. The van der Waals surface area contributed by atoms with Crippen molar-refractivity contribution in [2.45, 2.75) is 38.0 Å². The SMILES string of the molecule is C1=CC=C(C2CCCc3c2ccc2c3CCc3ccccc3-2)NC=C1. The summed E-state index contributed by atoms with van der Waals surface area (Å²) in [5.74, 6) is 0.499. The Bertz CT molecular complexity index is 914. The lowest BCUT2D eigenvalue weighted by molar-refractivity contribution is 0.586. The van der Waals surface area contributed by atoms with Crippen LogP contribution in [0.15, 0.2) is 72.6 Å². The molecular weight excluding hydrogens is 302 g/mol. The average Bonchev–Trinajstić information content (AvgIpc) is 2.96. The summed E-state index contributed by atoms with van der Waals surface area (Å²) in [4.78, 5) is 0. The number of nitrogens with one attached hydrogen (secondary N) is 1. The van der Waals surface area contributed by atoms with Gasteiger partial charge in [-0.05, 0) is 77.6 Å². The highest BCUT2D eigenvalue weighted by Crippen LogP contribution is 2.43. The molecule has 1 atom stereocenters. The standard InChI is InChI=1S/C24H23N/c1-2-11-24(25-16-5-1)23-10-6-9-19-21-13-12-17-7-3-4-8-18(17)20(21)14-15-22(19)23/h1-5,7-8,11,14-16,23,25H,6,9-10,12-13H2. The van der Waals surface area contributed by atoms with Crippen molar-refractivity contribution in [2.75, 3.05) is 0 Å². The monoisotopic (exact) mass is 325 g/mol. The Balaban J connectivity index is 1.62. The third-order valence-corrected chi connectivity index (χ3v) is 5.93. The second-order valence-electron chi connectivity index (χ2n) is 7.27. The van der Waals surface area contributed by atoms with Crippen LogP contribution < -0.4 is 5.32 Å². The lowest BCUT2D eigenvalue weighted by Gasteiger charge is -2.32. The van der Waals surface area contributed by atoms with Gasteiger partial charge in [-0.1, -0.05) is 48.6 Å². The first-order chi connectivity index (χ1) is 12.4. The second-order valence-corrected chi connectivity index (χ2v) is 7.27. The van der Waals surface area contributed by atoms with Gasteiger partial charge in [0.25, 0.3) is 0 Å². The Hall–Kier alpha value is -2.54. The molecule has 2 aromatic rings. The lowest BCUT2D eigenvalue weighted by Crippen LogP contribution is -2.21. The van der Waals surface area contributed by atoms with Gasteiger partial charge in [-0.15, -0.1) is 0 Å². The van der Waals surface area contributed by atoms with Gasteiger partial charge in [0, 0.05) is 17.8 Å². The fraction of sp³-hybridized carbons (Fsp3) is 0.250. The van der Waals surface area contributed by atoms with Crippen LogP contribution in [-0.4, -0.2) is 0 Å². The Morgan fingerprint density at radius 2 is 1.76 bits per heavy atom. The third kappa shape index (κ3) is 2.46. The molecule has 0 aromatic heterocycles. The molecule has 5 rings (SSSR count). The van der Waals surface area contributed by atoms with E-state index in [1.54, 1.807) is 16.7 Å². The van der Waals surface area contributed by atoms with Crippen molar-refractivity contribution in [3.63, 3.8) is 0 Å². The highest BCUT2D eigenvalue weighted by molar-refractivity contribution is 5.75. The maximum Gasteiger partial charge on any atom is 0.0243 e. The van der Waals surface area contributed by atoms with Crippen LogP contribution in [0, 0.1) is 0 Å². The first-order valence-electron chi connectivity index (χ1n) is 9.44. The summed E-state index contributed by atoms with van der Waals surface area (Å²) in [5, 5.41) is 3.51. The largest absolute Gasteiger partial charge is 0.364 e. The molecule has 1 N–H and O–H groups in total. The van der Waals surface area contributed by atoms with Gasteiger partial charge in [0.2, 0.25) is 0 Å². The number of benzene rings is 2.